The molecule has 0 amide bonds. The fraction of sp³-hybridized carbons (Fsp3) is 0.941. The van der Waals surface area contributed by atoms with E-state index < -0.39 is 0 Å². The van der Waals surface area contributed by atoms with E-state index in [0.29, 0.717) is 11.5 Å². The van der Waals surface area contributed by atoms with Gasteiger partial charge in [0.15, 0.2) is 5.96 Å². The van der Waals surface area contributed by atoms with Gasteiger partial charge in [0, 0.05) is 37.1 Å². The third-order valence-electron chi connectivity index (χ3n) is 6.00. The molecule has 5 heteroatoms. The highest BCUT2D eigenvalue weighted by Crippen LogP contribution is 2.46. The lowest BCUT2D eigenvalue weighted by molar-refractivity contribution is -0.0669. The molecule has 0 aromatic heterocycles. The van der Waals surface area contributed by atoms with E-state index in [9.17, 15) is 0 Å². The van der Waals surface area contributed by atoms with Crippen molar-refractivity contribution in [3.05, 3.63) is 0 Å². The van der Waals surface area contributed by atoms with Gasteiger partial charge in [0.25, 0.3) is 0 Å². The molecule has 2 fully saturated rings. The smallest absolute Gasteiger partial charge is 0.194 e. The maximum atomic E-state index is 4.52. The summed E-state index contributed by atoms with van der Waals surface area (Å²) in [7, 11) is 1.90. The zero-order valence-electron chi connectivity index (χ0n) is 15.3. The van der Waals surface area contributed by atoms with Crippen molar-refractivity contribution in [2.75, 3.05) is 33.2 Å². The predicted octanol–water partition coefficient (Wildman–Crippen LogP) is 3.17. The van der Waals surface area contributed by atoms with Crippen LogP contribution in [-0.2, 0) is 0 Å². The van der Waals surface area contributed by atoms with Gasteiger partial charge in [0.2, 0.25) is 0 Å². The van der Waals surface area contributed by atoms with Crippen LogP contribution in [0.15, 0.2) is 4.99 Å². The van der Waals surface area contributed by atoms with E-state index in [0.717, 1.165) is 25.6 Å². The van der Waals surface area contributed by atoms with E-state index in [4.69, 9.17) is 0 Å². The molecule has 0 saturated carbocycles. The summed E-state index contributed by atoms with van der Waals surface area (Å²) >= 11 is 0. The molecule has 2 aliphatic rings. The van der Waals surface area contributed by atoms with Gasteiger partial charge in [-0.3, -0.25) is 9.89 Å². The first-order chi connectivity index (χ1) is 9.83. The van der Waals surface area contributed by atoms with E-state index in [-0.39, 0.29) is 29.5 Å². The van der Waals surface area contributed by atoms with Crippen LogP contribution in [-0.4, -0.2) is 60.6 Å². The quantitative estimate of drug-likeness (QED) is 0.431. The number of nitrogens with zero attached hydrogens (tertiary/aromatic N) is 3. The number of aliphatic imine (C=N–C) groups is 1. The highest BCUT2D eigenvalue weighted by atomic mass is 127. The fourth-order valence-corrected chi connectivity index (χ4v) is 3.61. The van der Waals surface area contributed by atoms with Crippen LogP contribution >= 0.6 is 24.0 Å². The summed E-state index contributed by atoms with van der Waals surface area (Å²) in [6.45, 7) is 16.1. The van der Waals surface area contributed by atoms with Crippen molar-refractivity contribution in [3.63, 3.8) is 0 Å². The molecule has 2 rings (SSSR count). The average Bonchev–Trinajstić information content (AvgIpc) is 2.47. The molecule has 0 aromatic rings. The molecule has 0 radical (unpaired) electrons. The van der Waals surface area contributed by atoms with Crippen molar-refractivity contribution in [2.45, 2.75) is 65.5 Å². The highest BCUT2D eigenvalue weighted by molar-refractivity contribution is 14.0. The van der Waals surface area contributed by atoms with Crippen molar-refractivity contribution in [2.24, 2.45) is 10.4 Å². The van der Waals surface area contributed by atoms with E-state index in [1.165, 1.54) is 25.8 Å². The van der Waals surface area contributed by atoms with Crippen LogP contribution in [0.25, 0.3) is 0 Å². The third kappa shape index (κ3) is 3.71. The molecule has 2 aliphatic heterocycles. The van der Waals surface area contributed by atoms with Crippen molar-refractivity contribution in [1.82, 2.24) is 15.1 Å². The molecule has 2 saturated heterocycles. The standard InChI is InChI=1S/C17H34N4.HI/c1-7-20-11-9-8-10-14(20)12-19-15(18-6)21-13-16(2,3)17(21,4)5;/h14H,7-13H2,1-6H3,(H,18,19);1H. The molecule has 1 N–H and O–H groups in total. The lowest BCUT2D eigenvalue weighted by Gasteiger charge is -2.62. The summed E-state index contributed by atoms with van der Waals surface area (Å²) in [5, 5.41) is 3.63. The summed E-state index contributed by atoms with van der Waals surface area (Å²) in [5.41, 5.74) is 0.525. The Morgan fingerprint density at radius 1 is 1.23 bits per heavy atom. The minimum absolute atomic E-state index is 0. The van der Waals surface area contributed by atoms with Crippen molar-refractivity contribution in [3.8, 4) is 0 Å². The summed E-state index contributed by atoms with van der Waals surface area (Å²) in [5.74, 6) is 1.07. The maximum Gasteiger partial charge on any atom is 0.194 e. The average molecular weight is 422 g/mol. The van der Waals surface area contributed by atoms with E-state index in [1.54, 1.807) is 0 Å². The highest BCUT2D eigenvalue weighted by Gasteiger charge is 2.53. The Morgan fingerprint density at radius 2 is 1.91 bits per heavy atom. The van der Waals surface area contributed by atoms with Gasteiger partial charge >= 0.3 is 0 Å². The van der Waals surface area contributed by atoms with Gasteiger partial charge in [-0.05, 0) is 39.8 Å². The first-order valence-electron chi connectivity index (χ1n) is 8.56. The second-order valence-electron chi connectivity index (χ2n) is 7.74. The van der Waals surface area contributed by atoms with Gasteiger partial charge in [-0.1, -0.05) is 27.2 Å². The summed E-state index contributed by atoms with van der Waals surface area (Å²) in [6, 6.07) is 0.665. The van der Waals surface area contributed by atoms with Crippen LogP contribution in [0.1, 0.15) is 53.9 Å². The zero-order valence-corrected chi connectivity index (χ0v) is 17.6. The van der Waals surface area contributed by atoms with Crippen LogP contribution in [0.2, 0.25) is 0 Å². The van der Waals surface area contributed by atoms with E-state index in [1.807, 2.05) is 7.05 Å². The summed E-state index contributed by atoms with van der Waals surface area (Å²) < 4.78 is 0. The van der Waals surface area contributed by atoms with Crippen molar-refractivity contribution < 1.29 is 0 Å². The Balaban J connectivity index is 0.00000242. The van der Waals surface area contributed by atoms with Gasteiger partial charge in [0.1, 0.15) is 0 Å². The van der Waals surface area contributed by atoms with Gasteiger partial charge < -0.3 is 10.2 Å². The second-order valence-corrected chi connectivity index (χ2v) is 7.74. The first-order valence-corrected chi connectivity index (χ1v) is 8.56. The van der Waals surface area contributed by atoms with E-state index in [2.05, 4.69) is 54.7 Å². The molecule has 0 spiro atoms. The van der Waals surface area contributed by atoms with Gasteiger partial charge in [-0.2, -0.15) is 0 Å². The predicted molar refractivity (Wildman–Crippen MR) is 106 cm³/mol. The number of likely N-dealkylation sites (tertiary alicyclic amines) is 2. The molecule has 0 aromatic carbocycles. The molecule has 2 heterocycles. The number of likely N-dealkylation sites (N-methyl/N-ethyl adjacent to an activating group) is 1. The number of guanidine groups is 1. The van der Waals surface area contributed by atoms with Crippen molar-refractivity contribution >= 4 is 29.9 Å². The van der Waals surface area contributed by atoms with Gasteiger partial charge in [-0.25, -0.2) is 0 Å². The normalized spacial score (nSPS) is 27.8. The van der Waals surface area contributed by atoms with Crippen LogP contribution < -0.4 is 5.32 Å². The summed E-state index contributed by atoms with van der Waals surface area (Å²) in [4.78, 5) is 9.55. The Kier molecular flexibility index (Phi) is 6.99. The number of hydrogen-bond acceptors (Lipinski definition) is 2. The number of halogens is 1. The molecular formula is C17H35IN4. The minimum atomic E-state index is 0. The maximum absolute atomic E-state index is 4.52. The van der Waals surface area contributed by atoms with E-state index >= 15 is 0 Å². The SMILES string of the molecule is CCN1CCCCC1CNC(=NC)N1CC(C)(C)C1(C)C.I. The monoisotopic (exact) mass is 422 g/mol. The molecule has 0 bridgehead atoms. The molecule has 22 heavy (non-hydrogen) atoms. The number of nitrogens with one attached hydrogen (secondary N) is 1. The van der Waals surface area contributed by atoms with Crippen LogP contribution in [0, 0.1) is 5.41 Å². The number of hydrogen-bond donors (Lipinski definition) is 1. The molecule has 130 valence electrons. The van der Waals surface area contributed by atoms with Crippen LogP contribution in [0.5, 0.6) is 0 Å². The first kappa shape index (κ1) is 20.0. The topological polar surface area (TPSA) is 30.9 Å². The van der Waals surface area contributed by atoms with Gasteiger partial charge in [-0.15, -0.1) is 24.0 Å². The second kappa shape index (κ2) is 7.69. The van der Waals surface area contributed by atoms with Crippen LogP contribution in [0.4, 0.5) is 0 Å². The fourth-order valence-electron chi connectivity index (χ4n) is 3.61. The Morgan fingerprint density at radius 3 is 2.41 bits per heavy atom. The molecule has 4 nitrogen and oxygen atoms in total. The Hall–Kier alpha value is -0.0400. The molecule has 0 aliphatic carbocycles. The lowest BCUT2D eigenvalue weighted by Crippen LogP contribution is -2.72. The van der Waals surface area contributed by atoms with Crippen molar-refractivity contribution in [1.29, 1.82) is 0 Å². The summed E-state index contributed by atoms with van der Waals surface area (Å²) in [6.07, 6.45) is 4.03. The zero-order chi connectivity index (χ0) is 15.7. The Bertz CT molecular complexity index is 392. The number of rotatable bonds is 3. The largest absolute Gasteiger partial charge is 0.355 e. The lowest BCUT2D eigenvalue weighted by atomic mass is 9.65. The Labute approximate surface area is 154 Å². The number of piperidine rings is 1. The van der Waals surface area contributed by atoms with Gasteiger partial charge in [0.05, 0.1) is 0 Å². The third-order valence-corrected chi connectivity index (χ3v) is 6.00. The van der Waals surface area contributed by atoms with Crippen LogP contribution in [0.3, 0.4) is 0 Å². The molecule has 1 atom stereocenters. The molecular weight excluding hydrogens is 387 g/mol. The minimum Gasteiger partial charge on any atom is -0.355 e. The molecule has 1 unspecified atom stereocenters.